The zero-order valence-electron chi connectivity index (χ0n) is 19.9. The highest BCUT2D eigenvalue weighted by Crippen LogP contribution is 2.34. The zero-order valence-corrected chi connectivity index (χ0v) is 21.5. The molecule has 1 aromatic heterocycles. The Morgan fingerprint density at radius 1 is 1.11 bits per heavy atom. The number of carbonyl (C=O) groups is 1. The van der Waals surface area contributed by atoms with Gasteiger partial charge in [-0.25, -0.2) is 18.0 Å². The van der Waals surface area contributed by atoms with Gasteiger partial charge in [-0.15, -0.1) is 0 Å². The minimum absolute atomic E-state index is 0.00453. The molecule has 0 saturated carbocycles. The standard InChI is InChI=1S/C26H28ClNO6S/c1-15(2)12-22(28-35(31,32)17-10-8-16(3)9-11-17)26(30)34-24-14-23-20(13-21(24)27)18-6-4-5-7-19(18)25(29)33-23/h8-11,13-15,22,28H,4-7,12H2,1-3H3/t22-/m1/s1. The molecule has 3 aromatic rings. The number of carbonyl (C=O) groups excluding carboxylic acids is 1. The number of aryl methyl sites for hydroxylation is 2. The predicted molar refractivity (Wildman–Crippen MR) is 135 cm³/mol. The van der Waals surface area contributed by atoms with E-state index in [1.54, 1.807) is 18.2 Å². The molecule has 1 aliphatic carbocycles. The second kappa shape index (κ2) is 10.1. The van der Waals surface area contributed by atoms with E-state index in [-0.39, 0.29) is 33.6 Å². The average molecular weight is 518 g/mol. The molecule has 0 spiro atoms. The Morgan fingerprint density at radius 3 is 2.43 bits per heavy atom. The van der Waals surface area contributed by atoms with Gasteiger partial charge in [0.15, 0.2) is 5.75 Å². The molecule has 0 bridgehead atoms. The molecule has 1 N–H and O–H groups in total. The van der Waals surface area contributed by atoms with Crippen LogP contribution in [-0.2, 0) is 27.7 Å². The van der Waals surface area contributed by atoms with Crippen LogP contribution in [0.3, 0.4) is 0 Å². The topological polar surface area (TPSA) is 103 Å². The number of hydrogen-bond acceptors (Lipinski definition) is 6. The Kier molecular flexibility index (Phi) is 7.35. The van der Waals surface area contributed by atoms with Crippen molar-refractivity contribution in [2.24, 2.45) is 5.92 Å². The maximum atomic E-state index is 13.1. The lowest BCUT2D eigenvalue weighted by Crippen LogP contribution is -2.43. The van der Waals surface area contributed by atoms with E-state index in [1.165, 1.54) is 18.2 Å². The van der Waals surface area contributed by atoms with Crippen molar-refractivity contribution < 1.29 is 22.4 Å². The van der Waals surface area contributed by atoms with E-state index >= 15 is 0 Å². The number of fused-ring (bicyclic) bond motifs is 3. The summed E-state index contributed by atoms with van der Waals surface area (Å²) in [5, 5.41) is 0.903. The monoisotopic (exact) mass is 517 g/mol. The predicted octanol–water partition coefficient (Wildman–Crippen LogP) is 4.93. The third-order valence-corrected chi connectivity index (χ3v) is 7.89. The van der Waals surface area contributed by atoms with Crippen molar-refractivity contribution >= 4 is 38.6 Å². The quantitative estimate of drug-likeness (QED) is 0.271. The molecule has 1 atom stereocenters. The minimum Gasteiger partial charge on any atom is -0.424 e. The maximum absolute atomic E-state index is 13.1. The second-order valence-corrected chi connectivity index (χ2v) is 11.5. The second-order valence-electron chi connectivity index (χ2n) is 9.37. The van der Waals surface area contributed by atoms with Crippen LogP contribution in [0.2, 0.25) is 5.02 Å². The Hall–Kier alpha value is -2.68. The van der Waals surface area contributed by atoms with E-state index in [0.29, 0.717) is 12.0 Å². The van der Waals surface area contributed by atoms with Gasteiger partial charge in [-0.2, -0.15) is 4.72 Å². The summed E-state index contributed by atoms with van der Waals surface area (Å²) in [6, 6.07) is 8.27. The van der Waals surface area contributed by atoms with E-state index in [9.17, 15) is 18.0 Å². The summed E-state index contributed by atoms with van der Waals surface area (Å²) < 4.78 is 39.3. The highest BCUT2D eigenvalue weighted by Gasteiger charge is 2.29. The fourth-order valence-electron chi connectivity index (χ4n) is 4.34. The third-order valence-electron chi connectivity index (χ3n) is 6.11. The van der Waals surface area contributed by atoms with Crippen molar-refractivity contribution in [1.29, 1.82) is 0 Å². The number of esters is 1. The van der Waals surface area contributed by atoms with Crippen molar-refractivity contribution in [2.45, 2.75) is 63.8 Å². The molecule has 4 rings (SSSR count). The Balaban J connectivity index is 1.63. The summed E-state index contributed by atoms with van der Waals surface area (Å²) in [6.07, 6.45) is 3.54. The number of hydrogen-bond donors (Lipinski definition) is 1. The van der Waals surface area contributed by atoms with Crippen molar-refractivity contribution in [3.63, 3.8) is 0 Å². The van der Waals surface area contributed by atoms with Gasteiger partial charge in [0.1, 0.15) is 11.6 Å². The summed E-state index contributed by atoms with van der Waals surface area (Å²) in [7, 11) is -3.96. The number of ether oxygens (including phenoxy) is 1. The lowest BCUT2D eigenvalue weighted by molar-refractivity contribution is -0.136. The number of rotatable bonds is 7. The molecule has 35 heavy (non-hydrogen) atoms. The minimum atomic E-state index is -3.96. The van der Waals surface area contributed by atoms with Crippen LogP contribution in [0.4, 0.5) is 0 Å². The van der Waals surface area contributed by atoms with Crippen LogP contribution in [0.15, 0.2) is 50.5 Å². The lowest BCUT2D eigenvalue weighted by Gasteiger charge is -2.20. The molecular formula is C26H28ClNO6S. The van der Waals surface area contributed by atoms with Gasteiger partial charge in [-0.1, -0.05) is 43.1 Å². The largest absolute Gasteiger partial charge is 0.424 e. The molecule has 7 nitrogen and oxygen atoms in total. The molecule has 0 unspecified atom stereocenters. The van der Waals surface area contributed by atoms with Crippen LogP contribution in [0, 0.1) is 12.8 Å². The molecule has 1 aliphatic rings. The Labute approximate surface area is 209 Å². The molecular weight excluding hydrogens is 490 g/mol. The van der Waals surface area contributed by atoms with Crippen LogP contribution in [0.5, 0.6) is 5.75 Å². The molecule has 0 amide bonds. The summed E-state index contributed by atoms with van der Waals surface area (Å²) in [5.74, 6) is -0.785. The van der Waals surface area contributed by atoms with Crippen LogP contribution >= 0.6 is 11.6 Å². The van der Waals surface area contributed by atoms with E-state index in [0.717, 1.165) is 35.8 Å². The van der Waals surface area contributed by atoms with Crippen molar-refractivity contribution in [2.75, 3.05) is 0 Å². The first-order valence-corrected chi connectivity index (χ1v) is 13.5. The van der Waals surface area contributed by atoms with Gasteiger partial charge >= 0.3 is 11.6 Å². The SMILES string of the molecule is Cc1ccc(S(=O)(=O)N[C@H](CC(C)C)C(=O)Oc2cc3oc(=O)c4c(c3cc2Cl)CCCC4)cc1. The Morgan fingerprint density at radius 2 is 1.77 bits per heavy atom. The van der Waals surface area contributed by atoms with E-state index < -0.39 is 27.7 Å². The molecule has 0 saturated heterocycles. The molecule has 0 aliphatic heterocycles. The van der Waals surface area contributed by atoms with E-state index in [4.69, 9.17) is 20.8 Å². The summed E-state index contributed by atoms with van der Waals surface area (Å²) in [6.45, 7) is 5.61. The van der Waals surface area contributed by atoms with Gasteiger partial charge in [0.05, 0.1) is 9.92 Å². The molecule has 1 heterocycles. The first-order chi connectivity index (χ1) is 16.5. The van der Waals surface area contributed by atoms with Crippen molar-refractivity contribution in [3.8, 4) is 5.75 Å². The van der Waals surface area contributed by atoms with Crippen LogP contribution < -0.4 is 15.1 Å². The van der Waals surface area contributed by atoms with Gasteiger partial charge in [-0.3, -0.25) is 0 Å². The van der Waals surface area contributed by atoms with Gasteiger partial charge in [0.25, 0.3) is 0 Å². The lowest BCUT2D eigenvalue weighted by atomic mass is 9.90. The van der Waals surface area contributed by atoms with Crippen LogP contribution in [-0.4, -0.2) is 20.4 Å². The number of nitrogens with one attached hydrogen (secondary N) is 1. The van der Waals surface area contributed by atoms with Gasteiger partial charge in [0.2, 0.25) is 10.0 Å². The maximum Gasteiger partial charge on any atom is 0.339 e. The van der Waals surface area contributed by atoms with Gasteiger partial charge < -0.3 is 9.15 Å². The number of sulfonamides is 1. The first kappa shape index (κ1) is 25.4. The van der Waals surface area contributed by atoms with E-state index in [1.807, 2.05) is 20.8 Å². The first-order valence-electron chi connectivity index (χ1n) is 11.6. The number of halogens is 1. The molecule has 0 fully saturated rings. The Bertz CT molecular complexity index is 1430. The van der Waals surface area contributed by atoms with Crippen LogP contribution in [0.25, 0.3) is 11.0 Å². The number of benzene rings is 2. The van der Waals surface area contributed by atoms with Gasteiger partial charge in [0, 0.05) is 17.0 Å². The summed E-state index contributed by atoms with van der Waals surface area (Å²) in [4.78, 5) is 25.6. The average Bonchev–Trinajstić information content (AvgIpc) is 2.80. The summed E-state index contributed by atoms with van der Waals surface area (Å²) in [5.41, 5.74) is 2.40. The highest BCUT2D eigenvalue weighted by molar-refractivity contribution is 7.89. The summed E-state index contributed by atoms with van der Waals surface area (Å²) >= 11 is 6.45. The van der Waals surface area contributed by atoms with Crippen molar-refractivity contribution in [3.05, 3.63) is 68.5 Å². The zero-order chi connectivity index (χ0) is 25.3. The molecule has 186 valence electrons. The fourth-order valence-corrected chi connectivity index (χ4v) is 5.74. The molecule has 0 radical (unpaired) electrons. The van der Waals surface area contributed by atoms with Crippen LogP contribution in [0.1, 0.15) is 49.8 Å². The highest BCUT2D eigenvalue weighted by atomic mass is 35.5. The normalized spacial score (nSPS) is 14.7. The smallest absolute Gasteiger partial charge is 0.339 e. The fraction of sp³-hybridized carbons (Fsp3) is 0.385. The molecule has 2 aromatic carbocycles. The third kappa shape index (κ3) is 5.60. The van der Waals surface area contributed by atoms with Gasteiger partial charge in [-0.05, 0) is 68.7 Å². The van der Waals surface area contributed by atoms with Crippen molar-refractivity contribution in [1.82, 2.24) is 4.72 Å². The van der Waals surface area contributed by atoms with E-state index in [2.05, 4.69) is 4.72 Å². The molecule has 9 heteroatoms.